The van der Waals surface area contributed by atoms with Gasteiger partial charge in [-0.05, 0) is 54.3 Å². The smallest absolute Gasteiger partial charge is 0.309 e. The molecular formula is C26H31N5O3S. The summed E-state index contributed by atoms with van der Waals surface area (Å²) in [4.78, 5) is 35.0. The summed E-state index contributed by atoms with van der Waals surface area (Å²) in [6.45, 7) is 5.67. The molecule has 4 rings (SSSR count). The van der Waals surface area contributed by atoms with Gasteiger partial charge in [0.05, 0.1) is 13.2 Å². The Hall–Kier alpha value is -3.43. The molecule has 1 saturated heterocycles. The maximum atomic E-state index is 12.6. The van der Waals surface area contributed by atoms with E-state index < -0.39 is 11.8 Å². The van der Waals surface area contributed by atoms with Gasteiger partial charge in [0, 0.05) is 61.7 Å². The zero-order valence-corrected chi connectivity index (χ0v) is 20.8. The van der Waals surface area contributed by atoms with E-state index in [0.29, 0.717) is 0 Å². The average molecular weight is 494 g/mol. The summed E-state index contributed by atoms with van der Waals surface area (Å²) in [5.74, 6) is -0.422. The highest BCUT2D eigenvalue weighted by Crippen LogP contribution is 2.30. The molecule has 8 nitrogen and oxygen atoms in total. The lowest BCUT2D eigenvalue weighted by atomic mass is 10.0. The molecule has 1 aromatic carbocycles. The summed E-state index contributed by atoms with van der Waals surface area (Å²) in [6.07, 6.45) is 3.33. The number of anilines is 1. The second-order valence-corrected chi connectivity index (χ2v) is 9.47. The fourth-order valence-corrected chi connectivity index (χ4v) is 5.33. The maximum absolute atomic E-state index is 12.6. The third-order valence-electron chi connectivity index (χ3n) is 6.19. The maximum Gasteiger partial charge on any atom is 0.309 e. The lowest BCUT2D eigenvalue weighted by Crippen LogP contribution is -2.53. The number of pyridine rings is 1. The van der Waals surface area contributed by atoms with Gasteiger partial charge >= 0.3 is 11.8 Å². The second kappa shape index (κ2) is 11.8. The number of rotatable bonds is 8. The summed E-state index contributed by atoms with van der Waals surface area (Å²) in [5.41, 5.74) is 2.01. The molecule has 0 saturated carbocycles. The molecule has 9 heteroatoms. The molecule has 0 unspecified atom stereocenters. The normalized spacial score (nSPS) is 15.8. The van der Waals surface area contributed by atoms with Crippen LogP contribution in [-0.2, 0) is 16.1 Å². The number of amides is 2. The SMILES string of the molecule is COc1ccc(N2CCN([C@@H](c3cccs3)[C@@H](C)NC(=O)C(=O)NCc3cccnc3)CC2)cc1. The van der Waals surface area contributed by atoms with Gasteiger partial charge < -0.3 is 20.3 Å². The van der Waals surface area contributed by atoms with Crippen molar-refractivity contribution in [3.05, 3.63) is 76.7 Å². The first-order valence-electron chi connectivity index (χ1n) is 11.7. The molecule has 1 fully saturated rings. The van der Waals surface area contributed by atoms with E-state index in [1.807, 2.05) is 36.6 Å². The van der Waals surface area contributed by atoms with Crippen molar-refractivity contribution in [2.45, 2.75) is 25.6 Å². The molecule has 2 aromatic heterocycles. The largest absolute Gasteiger partial charge is 0.497 e. The van der Waals surface area contributed by atoms with Gasteiger partial charge in [-0.3, -0.25) is 19.5 Å². The lowest BCUT2D eigenvalue weighted by molar-refractivity contribution is -0.140. The Morgan fingerprint density at radius 1 is 1.06 bits per heavy atom. The molecule has 184 valence electrons. The first-order chi connectivity index (χ1) is 17.0. The summed E-state index contributed by atoms with van der Waals surface area (Å²) in [5, 5.41) is 7.65. The van der Waals surface area contributed by atoms with Crippen molar-refractivity contribution in [1.82, 2.24) is 20.5 Å². The minimum Gasteiger partial charge on any atom is -0.497 e. The molecule has 3 heterocycles. The van der Waals surface area contributed by atoms with Crippen LogP contribution in [0.15, 0.2) is 66.3 Å². The monoisotopic (exact) mass is 493 g/mol. The first kappa shape index (κ1) is 24.7. The summed E-state index contributed by atoms with van der Waals surface area (Å²) < 4.78 is 5.27. The molecule has 0 radical (unpaired) electrons. The Morgan fingerprint density at radius 3 is 2.46 bits per heavy atom. The molecule has 0 aliphatic carbocycles. The number of methoxy groups -OCH3 is 1. The number of benzene rings is 1. The molecule has 0 bridgehead atoms. The molecule has 0 spiro atoms. The second-order valence-electron chi connectivity index (χ2n) is 8.49. The quantitative estimate of drug-likeness (QED) is 0.470. The van der Waals surface area contributed by atoms with Gasteiger partial charge in [-0.2, -0.15) is 0 Å². The fourth-order valence-electron chi connectivity index (χ4n) is 4.37. The van der Waals surface area contributed by atoms with Gasteiger partial charge in [-0.25, -0.2) is 0 Å². The zero-order chi connectivity index (χ0) is 24.6. The van der Waals surface area contributed by atoms with Gasteiger partial charge in [-0.15, -0.1) is 11.3 Å². The van der Waals surface area contributed by atoms with Gasteiger partial charge in [0.2, 0.25) is 0 Å². The minimum atomic E-state index is -0.644. The zero-order valence-electron chi connectivity index (χ0n) is 20.0. The van der Waals surface area contributed by atoms with Crippen LogP contribution in [0, 0.1) is 0 Å². The molecular weight excluding hydrogens is 462 g/mol. The van der Waals surface area contributed by atoms with Crippen LogP contribution in [0.5, 0.6) is 5.75 Å². The van der Waals surface area contributed by atoms with E-state index in [4.69, 9.17) is 4.74 Å². The molecule has 1 aliphatic rings. The number of carbonyl (C=O) groups excluding carboxylic acids is 2. The summed E-state index contributed by atoms with van der Waals surface area (Å²) in [6, 6.07) is 15.6. The van der Waals surface area contributed by atoms with Crippen molar-refractivity contribution in [2.75, 3.05) is 38.2 Å². The molecule has 2 amide bonds. The minimum absolute atomic E-state index is 0.0110. The van der Waals surface area contributed by atoms with Crippen LogP contribution in [0.3, 0.4) is 0 Å². The number of piperazine rings is 1. The van der Waals surface area contributed by atoms with E-state index in [9.17, 15) is 9.59 Å². The van der Waals surface area contributed by atoms with Gasteiger partial charge in [0.1, 0.15) is 5.75 Å². The molecule has 2 N–H and O–H groups in total. The Labute approximate surface area is 209 Å². The van der Waals surface area contributed by atoms with Crippen LogP contribution in [-0.4, -0.2) is 61.0 Å². The predicted octanol–water partition coefficient (Wildman–Crippen LogP) is 2.84. The predicted molar refractivity (Wildman–Crippen MR) is 138 cm³/mol. The van der Waals surface area contributed by atoms with Crippen molar-refractivity contribution >= 4 is 28.8 Å². The standard InChI is InChI=1S/C26H31N5O3S/c1-19(29-26(33)25(32)28-18-20-5-3-11-27-17-20)24(23-6-4-16-35-23)31-14-12-30(13-15-31)21-7-9-22(34-2)10-8-21/h3-11,16-17,19,24H,12-15,18H2,1-2H3,(H,28,32)(H,29,33)/t19-,24-/m1/s1. The third kappa shape index (κ3) is 6.37. The number of hydrogen-bond donors (Lipinski definition) is 2. The highest BCUT2D eigenvalue weighted by molar-refractivity contribution is 7.10. The van der Waals surface area contributed by atoms with E-state index >= 15 is 0 Å². The van der Waals surface area contributed by atoms with Crippen LogP contribution in [0.1, 0.15) is 23.4 Å². The summed E-state index contributed by atoms with van der Waals surface area (Å²) >= 11 is 1.67. The third-order valence-corrected chi connectivity index (χ3v) is 7.14. The molecule has 35 heavy (non-hydrogen) atoms. The van der Waals surface area contributed by atoms with Crippen molar-refractivity contribution in [2.24, 2.45) is 0 Å². The highest BCUT2D eigenvalue weighted by atomic mass is 32.1. The van der Waals surface area contributed by atoms with Crippen molar-refractivity contribution < 1.29 is 14.3 Å². The topological polar surface area (TPSA) is 86.8 Å². The van der Waals surface area contributed by atoms with Crippen LogP contribution in [0.2, 0.25) is 0 Å². The number of nitrogens with zero attached hydrogens (tertiary/aromatic N) is 3. The van der Waals surface area contributed by atoms with Crippen LogP contribution in [0.4, 0.5) is 5.69 Å². The Kier molecular flexibility index (Phi) is 8.33. The van der Waals surface area contributed by atoms with Gasteiger partial charge in [0.25, 0.3) is 0 Å². The first-order valence-corrected chi connectivity index (χ1v) is 12.6. The number of aromatic nitrogens is 1. The van der Waals surface area contributed by atoms with Crippen LogP contribution >= 0.6 is 11.3 Å². The molecule has 3 aromatic rings. The van der Waals surface area contributed by atoms with Crippen LogP contribution in [0.25, 0.3) is 0 Å². The summed E-state index contributed by atoms with van der Waals surface area (Å²) in [7, 11) is 1.67. The van der Waals surface area contributed by atoms with E-state index in [1.54, 1.807) is 36.9 Å². The fraction of sp³-hybridized carbons (Fsp3) is 0.346. The number of nitrogens with one attached hydrogen (secondary N) is 2. The molecule has 2 atom stereocenters. The van der Waals surface area contributed by atoms with Crippen molar-refractivity contribution in [3.63, 3.8) is 0 Å². The van der Waals surface area contributed by atoms with E-state index in [-0.39, 0.29) is 18.6 Å². The van der Waals surface area contributed by atoms with Crippen molar-refractivity contribution in [1.29, 1.82) is 0 Å². The number of carbonyl (C=O) groups is 2. The van der Waals surface area contributed by atoms with Crippen LogP contribution < -0.4 is 20.3 Å². The Bertz CT molecular complexity index is 1080. The number of ether oxygens (including phenoxy) is 1. The number of thiophene rings is 1. The van der Waals surface area contributed by atoms with Crippen molar-refractivity contribution in [3.8, 4) is 5.75 Å². The van der Waals surface area contributed by atoms with Gasteiger partial charge in [0.15, 0.2) is 0 Å². The Balaban J connectivity index is 1.36. The van der Waals surface area contributed by atoms with E-state index in [1.165, 1.54) is 10.6 Å². The lowest BCUT2D eigenvalue weighted by Gasteiger charge is -2.42. The van der Waals surface area contributed by atoms with E-state index in [2.05, 4.69) is 43.6 Å². The highest BCUT2D eigenvalue weighted by Gasteiger charge is 2.32. The average Bonchev–Trinajstić information content (AvgIpc) is 3.43. The van der Waals surface area contributed by atoms with Gasteiger partial charge in [-0.1, -0.05) is 12.1 Å². The Morgan fingerprint density at radius 2 is 1.83 bits per heavy atom. The number of hydrogen-bond acceptors (Lipinski definition) is 7. The molecule has 1 aliphatic heterocycles. The van der Waals surface area contributed by atoms with E-state index in [0.717, 1.165) is 37.5 Å².